The van der Waals surface area contributed by atoms with Crippen molar-refractivity contribution in [3.8, 4) is 11.1 Å². The molecular formula is C23H28ClN3O4. The van der Waals surface area contributed by atoms with Crippen molar-refractivity contribution >= 4 is 23.6 Å². The van der Waals surface area contributed by atoms with Crippen LogP contribution >= 0.6 is 11.6 Å². The van der Waals surface area contributed by atoms with Crippen LogP contribution in [-0.2, 0) is 20.8 Å². The van der Waals surface area contributed by atoms with Crippen LogP contribution in [0.25, 0.3) is 11.1 Å². The highest BCUT2D eigenvalue weighted by Gasteiger charge is 2.31. The largest absolute Gasteiger partial charge is 0.448 e. The molecule has 0 aliphatic carbocycles. The zero-order chi connectivity index (χ0) is 22.4. The molecule has 0 bridgehead atoms. The minimum atomic E-state index is -0.527. The minimum Gasteiger partial charge on any atom is -0.448 e. The third-order valence-electron chi connectivity index (χ3n) is 5.31. The zero-order valence-electron chi connectivity index (χ0n) is 18.1. The molecule has 2 aromatic carbocycles. The molecule has 0 saturated carbocycles. The van der Waals surface area contributed by atoms with Gasteiger partial charge in [0, 0.05) is 18.1 Å². The normalized spacial score (nSPS) is 15.0. The van der Waals surface area contributed by atoms with Gasteiger partial charge in [0.15, 0.2) is 0 Å². The van der Waals surface area contributed by atoms with Crippen LogP contribution < -0.4 is 0 Å². The molecule has 7 nitrogen and oxygen atoms in total. The first-order valence-electron chi connectivity index (χ1n) is 10.3. The molecule has 3 rings (SSSR count). The number of rotatable bonds is 5. The van der Waals surface area contributed by atoms with Crippen molar-refractivity contribution in [2.24, 2.45) is 0 Å². The lowest BCUT2D eigenvalue weighted by molar-refractivity contribution is -0.145. The number of ether oxygens (including phenoxy) is 1. The van der Waals surface area contributed by atoms with E-state index in [9.17, 15) is 9.59 Å². The molecule has 1 fully saturated rings. The van der Waals surface area contributed by atoms with E-state index < -0.39 is 6.09 Å². The maximum atomic E-state index is 13.3. The molecule has 2 amide bonds. The summed E-state index contributed by atoms with van der Waals surface area (Å²) in [7, 11) is 1.58. The van der Waals surface area contributed by atoms with Crippen molar-refractivity contribution in [2.75, 3.05) is 39.9 Å². The van der Waals surface area contributed by atoms with Crippen LogP contribution in [0.15, 0.2) is 42.5 Å². The highest BCUT2D eigenvalue weighted by molar-refractivity contribution is 6.30. The number of amides is 2. The van der Waals surface area contributed by atoms with Crippen molar-refractivity contribution in [1.82, 2.24) is 15.1 Å². The van der Waals surface area contributed by atoms with E-state index in [4.69, 9.17) is 21.2 Å². The zero-order valence-corrected chi connectivity index (χ0v) is 18.9. The summed E-state index contributed by atoms with van der Waals surface area (Å²) in [6.45, 7) is 5.60. The molecule has 1 heterocycles. The maximum absolute atomic E-state index is 13.3. The Bertz CT molecular complexity index is 920. The van der Waals surface area contributed by atoms with Crippen LogP contribution in [0.5, 0.6) is 0 Å². The van der Waals surface area contributed by atoms with Gasteiger partial charge in [-0.1, -0.05) is 41.9 Å². The molecule has 1 aliphatic rings. The van der Waals surface area contributed by atoms with Crippen LogP contribution in [0.3, 0.4) is 0 Å². The lowest BCUT2D eigenvalue weighted by atomic mass is 9.98. The third-order valence-corrected chi connectivity index (χ3v) is 5.56. The number of carbonyl (C=O) groups is 2. The molecule has 0 unspecified atom stereocenters. The third kappa shape index (κ3) is 5.76. The average Bonchev–Trinajstić information content (AvgIpc) is 2.99. The quantitative estimate of drug-likeness (QED) is 0.697. The molecule has 0 radical (unpaired) electrons. The standard InChI is InChI=1S/C23H28ClN3O4/c1-4-31-23(29)27-14-12-25(30-3)11-13-26(27)22(28)16-20-15-19(6-5-17(20)2)18-7-9-21(24)10-8-18/h5-10,15H,4,11-14,16H2,1-3H3. The molecule has 8 heteroatoms. The summed E-state index contributed by atoms with van der Waals surface area (Å²) in [5.41, 5.74) is 3.96. The van der Waals surface area contributed by atoms with Gasteiger partial charge in [0.05, 0.1) is 33.2 Å². The molecule has 0 N–H and O–H groups in total. The number of hydrogen-bond acceptors (Lipinski definition) is 5. The van der Waals surface area contributed by atoms with E-state index in [0.29, 0.717) is 31.2 Å². The van der Waals surface area contributed by atoms with Crippen LogP contribution in [0.4, 0.5) is 4.79 Å². The van der Waals surface area contributed by atoms with Gasteiger partial charge in [0.25, 0.3) is 0 Å². The van der Waals surface area contributed by atoms with Gasteiger partial charge in [-0.15, -0.1) is 0 Å². The van der Waals surface area contributed by atoms with Gasteiger partial charge < -0.3 is 9.57 Å². The van der Waals surface area contributed by atoms with E-state index in [1.165, 1.54) is 10.0 Å². The number of nitrogens with zero attached hydrogens (tertiary/aromatic N) is 3. The highest BCUT2D eigenvalue weighted by Crippen LogP contribution is 2.25. The van der Waals surface area contributed by atoms with E-state index in [1.54, 1.807) is 19.1 Å². The van der Waals surface area contributed by atoms with Gasteiger partial charge in [-0.05, 0) is 48.2 Å². The molecule has 0 aromatic heterocycles. The predicted molar refractivity (Wildman–Crippen MR) is 119 cm³/mol. The first-order chi connectivity index (χ1) is 14.9. The van der Waals surface area contributed by atoms with Gasteiger partial charge in [0.1, 0.15) is 0 Å². The van der Waals surface area contributed by atoms with E-state index in [2.05, 4.69) is 0 Å². The topological polar surface area (TPSA) is 62.3 Å². The second-order valence-corrected chi connectivity index (χ2v) is 7.71. The van der Waals surface area contributed by atoms with E-state index in [0.717, 1.165) is 22.3 Å². The molecule has 1 aliphatic heterocycles. The summed E-state index contributed by atoms with van der Waals surface area (Å²) in [6.07, 6.45) is -0.351. The first kappa shape index (κ1) is 23.1. The fourth-order valence-electron chi connectivity index (χ4n) is 3.53. The number of carbonyl (C=O) groups excluding carboxylic acids is 2. The number of hydrogen-bond donors (Lipinski definition) is 0. The highest BCUT2D eigenvalue weighted by atomic mass is 35.5. The van der Waals surface area contributed by atoms with Crippen molar-refractivity contribution in [3.63, 3.8) is 0 Å². The Kier molecular flexibility index (Phi) is 7.90. The average molecular weight is 446 g/mol. The van der Waals surface area contributed by atoms with Crippen molar-refractivity contribution in [3.05, 3.63) is 58.6 Å². The number of hydroxylamine groups is 2. The van der Waals surface area contributed by atoms with E-state index in [1.807, 2.05) is 49.4 Å². The summed E-state index contributed by atoms with van der Waals surface area (Å²) < 4.78 is 5.17. The van der Waals surface area contributed by atoms with Crippen LogP contribution in [0, 0.1) is 6.92 Å². The monoisotopic (exact) mass is 445 g/mol. The Morgan fingerprint density at radius 3 is 2.26 bits per heavy atom. The lowest BCUT2D eigenvalue weighted by Gasteiger charge is -2.32. The van der Waals surface area contributed by atoms with Gasteiger partial charge in [0.2, 0.25) is 5.91 Å². The molecule has 31 heavy (non-hydrogen) atoms. The van der Waals surface area contributed by atoms with Gasteiger partial charge in [-0.3, -0.25) is 4.79 Å². The van der Waals surface area contributed by atoms with Gasteiger partial charge in [-0.2, -0.15) is 5.06 Å². The maximum Gasteiger partial charge on any atom is 0.428 e. The first-order valence-corrected chi connectivity index (χ1v) is 10.7. The summed E-state index contributed by atoms with van der Waals surface area (Å²) in [5.74, 6) is -0.164. The van der Waals surface area contributed by atoms with Gasteiger partial charge in [-0.25, -0.2) is 14.8 Å². The Morgan fingerprint density at radius 1 is 0.968 bits per heavy atom. The Hall–Kier alpha value is -2.61. The van der Waals surface area contributed by atoms with Crippen LogP contribution in [0.1, 0.15) is 18.1 Å². The van der Waals surface area contributed by atoms with Gasteiger partial charge >= 0.3 is 6.09 Å². The second-order valence-electron chi connectivity index (χ2n) is 7.28. The number of benzene rings is 2. The Morgan fingerprint density at radius 2 is 1.61 bits per heavy atom. The molecule has 0 spiro atoms. The second kappa shape index (κ2) is 10.6. The SMILES string of the molecule is CCOC(=O)N1CCN(OC)CCN1C(=O)Cc1cc(-c2ccc(Cl)cc2)ccc1C. The lowest BCUT2D eigenvalue weighted by Crippen LogP contribution is -2.51. The molecule has 2 aromatic rings. The number of halogens is 1. The summed E-state index contributed by atoms with van der Waals surface area (Å²) in [6, 6.07) is 13.6. The number of aryl methyl sites for hydroxylation is 1. The molecule has 1 saturated heterocycles. The summed E-state index contributed by atoms with van der Waals surface area (Å²) >= 11 is 6.00. The minimum absolute atomic E-state index is 0.164. The van der Waals surface area contributed by atoms with Crippen molar-refractivity contribution < 1.29 is 19.2 Å². The Labute approximate surface area is 188 Å². The summed E-state index contributed by atoms with van der Waals surface area (Å²) in [4.78, 5) is 31.1. The predicted octanol–water partition coefficient (Wildman–Crippen LogP) is 3.94. The molecule has 0 atom stereocenters. The smallest absolute Gasteiger partial charge is 0.428 e. The summed E-state index contributed by atoms with van der Waals surface area (Å²) in [5, 5.41) is 5.26. The fourth-order valence-corrected chi connectivity index (χ4v) is 3.66. The molecule has 166 valence electrons. The van der Waals surface area contributed by atoms with Crippen molar-refractivity contribution in [1.29, 1.82) is 0 Å². The number of hydrazine groups is 1. The van der Waals surface area contributed by atoms with Crippen LogP contribution in [-0.4, -0.2) is 67.0 Å². The Balaban J connectivity index is 1.83. The van der Waals surface area contributed by atoms with E-state index in [-0.39, 0.29) is 18.9 Å². The van der Waals surface area contributed by atoms with Crippen molar-refractivity contribution in [2.45, 2.75) is 20.3 Å². The van der Waals surface area contributed by atoms with Crippen LogP contribution in [0.2, 0.25) is 5.02 Å². The fraction of sp³-hybridized carbons (Fsp3) is 0.391. The molecular weight excluding hydrogens is 418 g/mol. The van der Waals surface area contributed by atoms with E-state index >= 15 is 0 Å².